The van der Waals surface area contributed by atoms with E-state index in [4.69, 9.17) is 16.7 Å². The Labute approximate surface area is 140 Å². The second kappa shape index (κ2) is 7.29. The molecule has 0 aliphatic heterocycles. The zero-order valence-electron chi connectivity index (χ0n) is 13.0. The van der Waals surface area contributed by atoms with Gasteiger partial charge in [0.2, 0.25) is 0 Å². The first-order valence-electron chi connectivity index (χ1n) is 7.22. The molecular formula is C18H18ClNO3. The second-order valence-corrected chi connectivity index (χ2v) is 5.91. The molecule has 120 valence electrons. The van der Waals surface area contributed by atoms with E-state index in [2.05, 4.69) is 5.32 Å². The molecule has 0 aromatic heterocycles. The van der Waals surface area contributed by atoms with E-state index >= 15 is 0 Å². The summed E-state index contributed by atoms with van der Waals surface area (Å²) in [7, 11) is 0. The highest BCUT2D eigenvalue weighted by molar-refractivity contribution is 6.30. The van der Waals surface area contributed by atoms with Crippen molar-refractivity contribution in [3.05, 3.63) is 69.7 Å². The van der Waals surface area contributed by atoms with E-state index in [1.165, 1.54) is 0 Å². The van der Waals surface area contributed by atoms with Crippen LogP contribution in [0, 0.1) is 13.8 Å². The molecule has 0 radical (unpaired) electrons. The highest BCUT2D eigenvalue weighted by Gasteiger charge is 2.19. The molecule has 0 aliphatic rings. The van der Waals surface area contributed by atoms with Gasteiger partial charge < -0.3 is 10.4 Å². The Morgan fingerprint density at radius 3 is 2.30 bits per heavy atom. The number of nitrogens with one attached hydrogen (secondary N) is 1. The molecule has 0 unspecified atom stereocenters. The van der Waals surface area contributed by atoms with E-state index in [9.17, 15) is 9.59 Å². The number of hydrogen-bond acceptors (Lipinski definition) is 2. The van der Waals surface area contributed by atoms with E-state index in [1.54, 1.807) is 36.4 Å². The molecule has 1 atom stereocenters. The number of benzene rings is 2. The SMILES string of the molecule is Cc1ccc(C(=O)N[C@@H](CC(=O)O)c2ccc(Cl)cc2)cc1C. The summed E-state index contributed by atoms with van der Waals surface area (Å²) in [5, 5.41) is 12.4. The van der Waals surface area contributed by atoms with Gasteiger partial charge in [-0.3, -0.25) is 9.59 Å². The van der Waals surface area contributed by atoms with Gasteiger partial charge in [0.25, 0.3) is 5.91 Å². The summed E-state index contributed by atoms with van der Waals surface area (Å²) in [6.45, 7) is 3.90. The Morgan fingerprint density at radius 1 is 1.09 bits per heavy atom. The van der Waals surface area contributed by atoms with Crippen molar-refractivity contribution in [2.75, 3.05) is 0 Å². The van der Waals surface area contributed by atoms with Crippen LogP contribution in [-0.4, -0.2) is 17.0 Å². The molecule has 2 aromatic rings. The smallest absolute Gasteiger partial charge is 0.305 e. The summed E-state index contributed by atoms with van der Waals surface area (Å²) in [4.78, 5) is 23.5. The van der Waals surface area contributed by atoms with E-state index in [1.807, 2.05) is 19.9 Å². The standard InChI is InChI=1S/C18H18ClNO3/c1-11-3-4-14(9-12(11)2)18(23)20-16(10-17(21)22)13-5-7-15(19)8-6-13/h3-9,16H,10H2,1-2H3,(H,20,23)(H,21,22)/t16-/m0/s1. The van der Waals surface area contributed by atoms with Gasteiger partial charge in [0.05, 0.1) is 12.5 Å². The van der Waals surface area contributed by atoms with Crippen molar-refractivity contribution in [2.24, 2.45) is 0 Å². The Kier molecular flexibility index (Phi) is 5.40. The van der Waals surface area contributed by atoms with Gasteiger partial charge >= 0.3 is 5.97 Å². The average molecular weight is 332 g/mol. The molecule has 0 saturated carbocycles. The Hall–Kier alpha value is -2.33. The predicted molar refractivity (Wildman–Crippen MR) is 89.8 cm³/mol. The second-order valence-electron chi connectivity index (χ2n) is 5.47. The summed E-state index contributed by atoms with van der Waals surface area (Å²) < 4.78 is 0. The van der Waals surface area contributed by atoms with Crippen molar-refractivity contribution in [1.29, 1.82) is 0 Å². The third-order valence-electron chi connectivity index (χ3n) is 3.73. The van der Waals surface area contributed by atoms with E-state index < -0.39 is 12.0 Å². The number of rotatable bonds is 5. The molecule has 0 saturated heterocycles. The summed E-state index contributed by atoms with van der Waals surface area (Å²) in [6, 6.07) is 11.6. The van der Waals surface area contributed by atoms with Gasteiger partial charge in [-0.05, 0) is 54.8 Å². The minimum absolute atomic E-state index is 0.196. The van der Waals surface area contributed by atoms with Crippen LogP contribution in [0.3, 0.4) is 0 Å². The quantitative estimate of drug-likeness (QED) is 0.873. The van der Waals surface area contributed by atoms with Crippen LogP contribution in [0.5, 0.6) is 0 Å². The lowest BCUT2D eigenvalue weighted by Gasteiger charge is -2.18. The van der Waals surface area contributed by atoms with Crippen LogP contribution in [0.15, 0.2) is 42.5 Å². The third kappa shape index (κ3) is 4.57. The van der Waals surface area contributed by atoms with Gasteiger partial charge in [-0.1, -0.05) is 29.8 Å². The van der Waals surface area contributed by atoms with Gasteiger partial charge in [-0.15, -0.1) is 0 Å². The first-order valence-corrected chi connectivity index (χ1v) is 7.60. The van der Waals surface area contributed by atoms with Gasteiger partial charge in [0, 0.05) is 10.6 Å². The molecule has 23 heavy (non-hydrogen) atoms. The zero-order chi connectivity index (χ0) is 17.0. The highest BCUT2D eigenvalue weighted by atomic mass is 35.5. The maximum Gasteiger partial charge on any atom is 0.305 e. The highest BCUT2D eigenvalue weighted by Crippen LogP contribution is 2.20. The van der Waals surface area contributed by atoms with Crippen LogP contribution in [-0.2, 0) is 4.79 Å². The van der Waals surface area contributed by atoms with Crippen LogP contribution in [0.2, 0.25) is 5.02 Å². The summed E-state index contributed by atoms with van der Waals surface area (Å²) in [5.74, 6) is -1.28. The lowest BCUT2D eigenvalue weighted by molar-refractivity contribution is -0.137. The number of carboxylic acids is 1. The normalized spacial score (nSPS) is 11.8. The number of carbonyl (C=O) groups excluding carboxylic acids is 1. The first-order chi connectivity index (χ1) is 10.9. The molecular weight excluding hydrogens is 314 g/mol. The van der Waals surface area contributed by atoms with Crippen LogP contribution >= 0.6 is 11.6 Å². The first kappa shape index (κ1) is 17.0. The number of carbonyl (C=O) groups is 2. The number of aryl methyl sites for hydroxylation is 2. The fraction of sp³-hybridized carbons (Fsp3) is 0.222. The minimum atomic E-state index is -0.981. The van der Waals surface area contributed by atoms with E-state index in [-0.39, 0.29) is 12.3 Å². The molecule has 0 heterocycles. The topological polar surface area (TPSA) is 66.4 Å². The van der Waals surface area contributed by atoms with Crippen molar-refractivity contribution >= 4 is 23.5 Å². The lowest BCUT2D eigenvalue weighted by Crippen LogP contribution is -2.30. The Balaban J connectivity index is 2.22. The summed E-state index contributed by atoms with van der Waals surface area (Å²) in [5.41, 5.74) is 3.33. The number of amides is 1. The maximum atomic E-state index is 12.4. The monoisotopic (exact) mass is 331 g/mol. The third-order valence-corrected chi connectivity index (χ3v) is 3.98. The Morgan fingerprint density at radius 2 is 1.74 bits per heavy atom. The van der Waals surface area contributed by atoms with Gasteiger partial charge in [0.1, 0.15) is 0 Å². The number of halogens is 1. The average Bonchev–Trinajstić information content (AvgIpc) is 2.49. The molecule has 0 fully saturated rings. The van der Waals surface area contributed by atoms with Gasteiger partial charge in [-0.2, -0.15) is 0 Å². The maximum absolute atomic E-state index is 12.4. The molecule has 2 N–H and O–H groups in total. The number of carboxylic acid groups (broad SMARTS) is 1. The van der Waals surface area contributed by atoms with Crippen LogP contribution in [0.25, 0.3) is 0 Å². The summed E-state index contributed by atoms with van der Waals surface area (Å²) in [6.07, 6.45) is -0.196. The molecule has 0 spiro atoms. The van der Waals surface area contributed by atoms with Crippen molar-refractivity contribution in [3.8, 4) is 0 Å². The largest absolute Gasteiger partial charge is 0.481 e. The number of hydrogen-bond donors (Lipinski definition) is 2. The predicted octanol–water partition coefficient (Wildman–Crippen LogP) is 3.90. The van der Waals surface area contributed by atoms with Crippen molar-refractivity contribution in [1.82, 2.24) is 5.32 Å². The molecule has 1 amide bonds. The summed E-state index contributed by atoms with van der Waals surface area (Å²) >= 11 is 5.85. The van der Waals surface area contributed by atoms with E-state index in [0.717, 1.165) is 11.1 Å². The van der Waals surface area contributed by atoms with E-state index in [0.29, 0.717) is 16.1 Å². The molecule has 0 aliphatic carbocycles. The van der Waals surface area contributed by atoms with Crippen LogP contribution in [0.4, 0.5) is 0 Å². The van der Waals surface area contributed by atoms with Crippen LogP contribution in [0.1, 0.15) is 39.5 Å². The minimum Gasteiger partial charge on any atom is -0.481 e. The Bertz CT molecular complexity index is 726. The van der Waals surface area contributed by atoms with Crippen molar-refractivity contribution in [3.63, 3.8) is 0 Å². The molecule has 2 rings (SSSR count). The van der Waals surface area contributed by atoms with Crippen LogP contribution < -0.4 is 5.32 Å². The van der Waals surface area contributed by atoms with Gasteiger partial charge in [-0.25, -0.2) is 0 Å². The lowest BCUT2D eigenvalue weighted by atomic mass is 10.0. The van der Waals surface area contributed by atoms with Crippen molar-refractivity contribution < 1.29 is 14.7 Å². The molecule has 0 bridgehead atoms. The molecule has 5 heteroatoms. The van der Waals surface area contributed by atoms with Crippen molar-refractivity contribution in [2.45, 2.75) is 26.3 Å². The molecule has 4 nitrogen and oxygen atoms in total. The number of aliphatic carboxylic acids is 1. The zero-order valence-corrected chi connectivity index (χ0v) is 13.7. The fourth-order valence-electron chi connectivity index (χ4n) is 2.25. The fourth-order valence-corrected chi connectivity index (χ4v) is 2.37. The molecule has 2 aromatic carbocycles. The van der Waals surface area contributed by atoms with Gasteiger partial charge in [0.15, 0.2) is 0 Å².